The van der Waals surface area contributed by atoms with Crippen molar-refractivity contribution in [2.24, 2.45) is 0 Å². The van der Waals surface area contributed by atoms with E-state index in [1.165, 1.54) is 83.5 Å². The second-order valence-electron chi connectivity index (χ2n) is 9.03. The Morgan fingerprint density at radius 3 is 1.55 bits per heavy atom. The number of rotatable bonds is 21. The van der Waals surface area contributed by atoms with Gasteiger partial charge in [-0.05, 0) is 6.42 Å². The van der Waals surface area contributed by atoms with Gasteiger partial charge >= 0.3 is 5.97 Å². The molecule has 0 bridgehead atoms. The molecule has 0 radical (unpaired) electrons. The summed E-state index contributed by atoms with van der Waals surface area (Å²) < 4.78 is 5.99. The first kappa shape index (κ1) is 31.3. The van der Waals surface area contributed by atoms with E-state index in [1.54, 1.807) is 0 Å². The summed E-state index contributed by atoms with van der Waals surface area (Å²) in [5.41, 5.74) is 0. The van der Waals surface area contributed by atoms with Gasteiger partial charge in [-0.1, -0.05) is 96.8 Å². The van der Waals surface area contributed by atoms with Crippen LogP contribution in [0.4, 0.5) is 0 Å². The van der Waals surface area contributed by atoms with E-state index in [0.29, 0.717) is 24.1 Å². The molecule has 0 unspecified atom stereocenters. The van der Waals surface area contributed by atoms with Gasteiger partial charge in [0, 0.05) is 6.42 Å². The predicted octanol–water partition coefficient (Wildman–Crippen LogP) is 2.86. The highest BCUT2D eigenvalue weighted by atomic mass is 127. The van der Waals surface area contributed by atoms with Gasteiger partial charge < -0.3 is 38.3 Å². The quantitative estimate of drug-likeness (QED) is 0.108. The van der Waals surface area contributed by atoms with Crippen LogP contribution in [0.15, 0.2) is 0 Å². The third-order valence-corrected chi connectivity index (χ3v) is 5.65. The van der Waals surface area contributed by atoms with Crippen molar-refractivity contribution in [3.63, 3.8) is 0 Å². The highest BCUT2D eigenvalue weighted by Gasteiger charge is 2.14. The summed E-state index contributed by atoms with van der Waals surface area (Å²) in [5, 5.41) is 8.99. The monoisotopic (exact) mass is 527 g/mol. The lowest BCUT2D eigenvalue weighted by atomic mass is 10.0. The molecule has 0 amide bonds. The topological polar surface area (TPSA) is 46.5 Å². The normalized spacial score (nSPS) is 11.3. The number of esters is 1. The number of unbranched alkanes of at least 4 members (excludes halogenated alkanes) is 14. The molecule has 0 aliphatic heterocycles. The summed E-state index contributed by atoms with van der Waals surface area (Å²) in [5.74, 6) is -0.0707. The van der Waals surface area contributed by atoms with Gasteiger partial charge in [0.1, 0.15) is 19.7 Å². The molecule has 0 fully saturated rings. The first-order valence-electron chi connectivity index (χ1n) is 12.1. The number of hydrogen-bond donors (Lipinski definition) is 1. The zero-order valence-electron chi connectivity index (χ0n) is 19.7. The number of aliphatic hydroxyl groups excluding tert-OH is 1. The van der Waals surface area contributed by atoms with Gasteiger partial charge in [0.25, 0.3) is 0 Å². The van der Waals surface area contributed by atoms with Crippen molar-refractivity contribution in [1.82, 2.24) is 0 Å². The van der Waals surface area contributed by atoms with Gasteiger partial charge in [0.15, 0.2) is 0 Å². The first-order valence-corrected chi connectivity index (χ1v) is 12.1. The molecular formula is C24H50INO3. The van der Waals surface area contributed by atoms with Gasteiger partial charge in [-0.3, -0.25) is 4.79 Å². The van der Waals surface area contributed by atoms with E-state index in [4.69, 9.17) is 9.84 Å². The van der Waals surface area contributed by atoms with Crippen LogP contribution in [0.2, 0.25) is 0 Å². The summed E-state index contributed by atoms with van der Waals surface area (Å²) in [4.78, 5) is 11.7. The number of quaternary nitrogens is 1. The number of nitrogens with zero attached hydrogens (tertiary/aromatic N) is 1. The molecule has 0 spiro atoms. The minimum absolute atomic E-state index is 0. The van der Waals surface area contributed by atoms with Crippen molar-refractivity contribution in [1.29, 1.82) is 0 Å². The van der Waals surface area contributed by atoms with Gasteiger partial charge in [0.2, 0.25) is 0 Å². The first-order chi connectivity index (χ1) is 13.5. The zero-order valence-corrected chi connectivity index (χ0v) is 21.9. The number of hydrogen-bond acceptors (Lipinski definition) is 3. The lowest BCUT2D eigenvalue weighted by Crippen LogP contribution is -3.00. The zero-order chi connectivity index (χ0) is 20.9. The molecular weight excluding hydrogens is 477 g/mol. The average Bonchev–Trinajstić information content (AvgIpc) is 2.64. The average molecular weight is 528 g/mol. The van der Waals surface area contributed by atoms with Crippen LogP contribution in [0.25, 0.3) is 0 Å². The molecule has 0 aliphatic carbocycles. The second-order valence-corrected chi connectivity index (χ2v) is 9.03. The van der Waals surface area contributed by atoms with Crippen molar-refractivity contribution in [3.8, 4) is 0 Å². The summed E-state index contributed by atoms with van der Waals surface area (Å²) >= 11 is 0. The lowest BCUT2D eigenvalue weighted by molar-refractivity contribution is -0.890. The Morgan fingerprint density at radius 2 is 1.14 bits per heavy atom. The largest absolute Gasteiger partial charge is 1.00 e. The lowest BCUT2D eigenvalue weighted by Gasteiger charge is -2.28. The Morgan fingerprint density at radius 1 is 0.724 bits per heavy atom. The van der Waals surface area contributed by atoms with Crippen molar-refractivity contribution < 1.29 is 43.1 Å². The predicted molar refractivity (Wildman–Crippen MR) is 119 cm³/mol. The molecule has 29 heavy (non-hydrogen) atoms. The Bertz CT molecular complexity index is 351. The molecule has 0 aromatic heterocycles. The Balaban J connectivity index is 0. The van der Waals surface area contributed by atoms with Crippen LogP contribution in [0.1, 0.15) is 110 Å². The van der Waals surface area contributed by atoms with E-state index in [0.717, 1.165) is 19.4 Å². The van der Waals surface area contributed by atoms with Gasteiger partial charge in [-0.2, -0.15) is 0 Å². The molecule has 1 N–H and O–H groups in total. The third-order valence-electron chi connectivity index (χ3n) is 5.65. The molecule has 0 aromatic carbocycles. The van der Waals surface area contributed by atoms with Gasteiger partial charge in [-0.15, -0.1) is 0 Å². The number of carbonyl (C=O) groups is 1. The van der Waals surface area contributed by atoms with Gasteiger partial charge in [0.05, 0.1) is 20.7 Å². The van der Waals surface area contributed by atoms with Crippen LogP contribution in [0.3, 0.4) is 0 Å². The van der Waals surface area contributed by atoms with Crippen molar-refractivity contribution in [2.45, 2.75) is 110 Å². The second kappa shape index (κ2) is 22.8. The highest BCUT2D eigenvalue weighted by Crippen LogP contribution is 2.13. The molecule has 0 aliphatic rings. The maximum atomic E-state index is 11.7. The minimum Gasteiger partial charge on any atom is -1.00 e. The molecule has 4 nitrogen and oxygen atoms in total. The van der Waals surface area contributed by atoms with Crippen LogP contribution in [-0.4, -0.2) is 56.0 Å². The smallest absolute Gasteiger partial charge is 0.305 e. The van der Waals surface area contributed by atoms with Crippen LogP contribution < -0.4 is 24.0 Å². The third kappa shape index (κ3) is 24.3. The van der Waals surface area contributed by atoms with Crippen LogP contribution in [0.5, 0.6) is 0 Å². The van der Waals surface area contributed by atoms with Crippen molar-refractivity contribution in [2.75, 3.05) is 40.4 Å². The van der Waals surface area contributed by atoms with E-state index in [1.807, 2.05) is 14.1 Å². The van der Waals surface area contributed by atoms with Crippen LogP contribution in [-0.2, 0) is 9.53 Å². The molecule has 5 heteroatoms. The molecule has 0 heterocycles. The van der Waals surface area contributed by atoms with Gasteiger partial charge in [-0.25, -0.2) is 0 Å². The molecule has 0 atom stereocenters. The fourth-order valence-electron chi connectivity index (χ4n) is 3.50. The maximum Gasteiger partial charge on any atom is 0.305 e. The summed E-state index contributed by atoms with van der Waals surface area (Å²) in [6.07, 6.45) is 20.6. The fourth-order valence-corrected chi connectivity index (χ4v) is 3.50. The Labute approximate surface area is 198 Å². The van der Waals surface area contributed by atoms with E-state index < -0.39 is 0 Å². The molecule has 0 rings (SSSR count). The molecule has 0 saturated heterocycles. The van der Waals surface area contributed by atoms with Crippen LogP contribution >= 0.6 is 0 Å². The van der Waals surface area contributed by atoms with Crippen LogP contribution in [0, 0.1) is 0 Å². The maximum absolute atomic E-state index is 11.7. The number of carbonyl (C=O) groups excluding carboxylic acids is 1. The minimum atomic E-state index is -0.0707. The number of aliphatic hydroxyl groups is 1. The molecule has 0 saturated carbocycles. The highest BCUT2D eigenvalue weighted by molar-refractivity contribution is 5.69. The summed E-state index contributed by atoms with van der Waals surface area (Å²) in [6, 6.07) is 0. The van der Waals surface area contributed by atoms with E-state index in [9.17, 15) is 4.79 Å². The molecule has 0 aromatic rings. The number of halogens is 1. The van der Waals surface area contributed by atoms with Crippen molar-refractivity contribution >= 4 is 5.97 Å². The Hall–Kier alpha value is 0.120. The SMILES string of the molecule is CCCCCCCCCCCCCCCCCC(=O)OCC[N+](C)(C)CCO.[I-]. The van der Waals surface area contributed by atoms with E-state index in [-0.39, 0.29) is 36.6 Å². The fraction of sp³-hybridized carbons (Fsp3) is 0.958. The van der Waals surface area contributed by atoms with Crippen molar-refractivity contribution in [3.05, 3.63) is 0 Å². The Kier molecular flexibility index (Phi) is 24.6. The summed E-state index contributed by atoms with van der Waals surface area (Å²) in [7, 11) is 4.08. The standard InChI is InChI=1S/C24H50NO3.HI/c1-4-5-6-7-8-9-10-11-12-13-14-15-16-17-18-19-24(27)28-23-21-25(2,3)20-22-26;/h26H,4-23H2,1-3H3;1H/q+1;/p-1. The van der Waals surface area contributed by atoms with E-state index >= 15 is 0 Å². The van der Waals surface area contributed by atoms with E-state index in [2.05, 4.69) is 6.92 Å². The summed E-state index contributed by atoms with van der Waals surface area (Å²) in [6.45, 7) is 4.34. The molecule has 176 valence electrons. The number of likely N-dealkylation sites (N-methyl/N-ethyl adjacent to an activating group) is 1. The number of ether oxygens (including phenoxy) is 1.